The topological polar surface area (TPSA) is 75.5 Å². The molecule has 0 unspecified atom stereocenters. The molecule has 3 rings (SSSR count). The number of thiocarbonyl (C=S) groups is 1. The third kappa shape index (κ3) is 3.67. The molecule has 0 saturated carbocycles. The Morgan fingerprint density at radius 3 is 2.52 bits per heavy atom. The van der Waals surface area contributed by atoms with Crippen LogP contribution in [-0.4, -0.2) is 20.2 Å². The number of rotatable bonds is 4. The summed E-state index contributed by atoms with van der Waals surface area (Å²) in [6.07, 6.45) is 1.44. The van der Waals surface area contributed by atoms with Gasteiger partial charge in [0, 0.05) is 17.7 Å². The molecule has 0 radical (unpaired) electrons. The molecular weight excluding hydrogens is 365 g/mol. The van der Waals surface area contributed by atoms with Crippen molar-refractivity contribution in [3.8, 4) is 0 Å². The molecule has 1 aliphatic rings. The van der Waals surface area contributed by atoms with Crippen molar-refractivity contribution in [3.63, 3.8) is 0 Å². The predicted octanol–water partition coefficient (Wildman–Crippen LogP) is 3.96. The first-order chi connectivity index (χ1) is 12.0. The summed E-state index contributed by atoms with van der Waals surface area (Å²) in [5, 5.41) is 11.8. The predicted molar refractivity (Wildman–Crippen MR) is 98.1 cm³/mol. The number of nitro groups is 1. The van der Waals surface area contributed by atoms with Crippen molar-refractivity contribution < 1.29 is 14.1 Å². The number of hydrogen-bond acceptors (Lipinski definition) is 6. The van der Waals surface area contributed by atoms with E-state index in [2.05, 4.69) is 5.43 Å². The Balaban J connectivity index is 1.80. The standard InChI is InChI=1S/C16H10FN3O3S2/c17-13-4-2-1-3-10(13)9-14-15(21)19(16(24)25-14)18-11-5-7-12(8-6-11)20(22)23/h1-9,18H/b14-9+. The van der Waals surface area contributed by atoms with Crippen molar-refractivity contribution >= 4 is 51.7 Å². The lowest BCUT2D eigenvalue weighted by molar-refractivity contribution is -0.384. The molecule has 1 fully saturated rings. The fourth-order valence-electron chi connectivity index (χ4n) is 2.08. The van der Waals surface area contributed by atoms with Crippen LogP contribution < -0.4 is 5.43 Å². The van der Waals surface area contributed by atoms with Crippen LogP contribution >= 0.6 is 24.0 Å². The summed E-state index contributed by atoms with van der Waals surface area (Å²) in [7, 11) is 0. The van der Waals surface area contributed by atoms with E-state index in [1.807, 2.05) is 0 Å². The highest BCUT2D eigenvalue weighted by Crippen LogP contribution is 2.33. The Kier molecular flexibility index (Phi) is 4.77. The first-order valence-corrected chi connectivity index (χ1v) is 8.22. The molecule has 1 amide bonds. The zero-order valence-corrected chi connectivity index (χ0v) is 14.1. The summed E-state index contributed by atoms with van der Waals surface area (Å²) in [4.78, 5) is 22.9. The van der Waals surface area contributed by atoms with Crippen LogP contribution in [0.1, 0.15) is 5.56 Å². The first kappa shape index (κ1) is 17.1. The van der Waals surface area contributed by atoms with Crippen LogP contribution in [0.5, 0.6) is 0 Å². The molecule has 1 saturated heterocycles. The van der Waals surface area contributed by atoms with Gasteiger partial charge in [0.15, 0.2) is 4.32 Å². The molecule has 9 heteroatoms. The van der Waals surface area contributed by atoms with Crippen LogP contribution in [0.2, 0.25) is 0 Å². The quantitative estimate of drug-likeness (QED) is 0.377. The van der Waals surface area contributed by atoms with Gasteiger partial charge >= 0.3 is 0 Å². The van der Waals surface area contributed by atoms with Crippen LogP contribution in [0.3, 0.4) is 0 Å². The molecule has 6 nitrogen and oxygen atoms in total. The first-order valence-electron chi connectivity index (χ1n) is 6.99. The van der Waals surface area contributed by atoms with Gasteiger partial charge in [-0.15, -0.1) is 0 Å². The zero-order valence-electron chi connectivity index (χ0n) is 12.5. The highest BCUT2D eigenvalue weighted by molar-refractivity contribution is 8.26. The third-order valence-corrected chi connectivity index (χ3v) is 4.61. The van der Waals surface area contributed by atoms with Crippen LogP contribution in [-0.2, 0) is 4.79 Å². The van der Waals surface area contributed by atoms with Crippen molar-refractivity contribution in [2.75, 3.05) is 5.43 Å². The number of amides is 1. The van der Waals surface area contributed by atoms with Crippen molar-refractivity contribution in [3.05, 3.63) is 74.9 Å². The molecule has 1 aliphatic heterocycles. The van der Waals surface area contributed by atoms with Crippen LogP contribution in [0.25, 0.3) is 6.08 Å². The second-order valence-electron chi connectivity index (χ2n) is 4.95. The number of carbonyl (C=O) groups excluding carboxylic acids is 1. The molecule has 0 aliphatic carbocycles. The number of nitro benzene ring substituents is 1. The minimum Gasteiger partial charge on any atom is -0.290 e. The lowest BCUT2D eigenvalue weighted by Gasteiger charge is -2.16. The molecule has 126 valence electrons. The summed E-state index contributed by atoms with van der Waals surface area (Å²) in [6.45, 7) is 0. The Morgan fingerprint density at radius 1 is 1.20 bits per heavy atom. The number of halogens is 1. The molecule has 2 aromatic rings. The monoisotopic (exact) mass is 375 g/mol. The van der Waals surface area contributed by atoms with Crippen LogP contribution in [0.4, 0.5) is 15.8 Å². The number of anilines is 1. The highest BCUT2D eigenvalue weighted by Gasteiger charge is 2.32. The van der Waals surface area contributed by atoms with Crippen molar-refractivity contribution in [1.29, 1.82) is 0 Å². The van der Waals surface area contributed by atoms with Crippen molar-refractivity contribution in [2.45, 2.75) is 0 Å². The van der Waals surface area contributed by atoms with E-state index in [1.54, 1.807) is 18.2 Å². The Bertz CT molecular complexity index is 900. The second-order valence-corrected chi connectivity index (χ2v) is 6.63. The van der Waals surface area contributed by atoms with E-state index in [4.69, 9.17) is 12.2 Å². The molecule has 0 atom stereocenters. The lowest BCUT2D eigenvalue weighted by Crippen LogP contribution is -2.33. The van der Waals surface area contributed by atoms with Gasteiger partial charge < -0.3 is 0 Å². The molecule has 0 bridgehead atoms. The maximum atomic E-state index is 13.7. The van der Waals surface area contributed by atoms with E-state index in [0.29, 0.717) is 11.3 Å². The minimum atomic E-state index is -0.513. The van der Waals surface area contributed by atoms with Crippen LogP contribution in [0, 0.1) is 15.9 Å². The van der Waals surface area contributed by atoms with Crippen molar-refractivity contribution in [2.24, 2.45) is 0 Å². The van der Waals surface area contributed by atoms with E-state index in [1.165, 1.54) is 36.4 Å². The maximum absolute atomic E-state index is 13.7. The number of non-ortho nitro benzene ring substituents is 1. The average Bonchev–Trinajstić information content (AvgIpc) is 2.85. The molecule has 0 aromatic heterocycles. The molecule has 25 heavy (non-hydrogen) atoms. The van der Waals surface area contributed by atoms with Gasteiger partial charge in [0.25, 0.3) is 11.6 Å². The number of nitrogens with zero attached hydrogens (tertiary/aromatic N) is 2. The number of carbonyl (C=O) groups is 1. The summed E-state index contributed by atoms with van der Waals surface area (Å²) in [5.41, 5.74) is 3.50. The minimum absolute atomic E-state index is 0.0598. The van der Waals surface area contributed by atoms with Gasteiger partial charge in [0.2, 0.25) is 0 Å². The Hall–Kier alpha value is -2.78. The fourth-order valence-corrected chi connectivity index (χ4v) is 3.25. The smallest absolute Gasteiger partial charge is 0.285 e. The fraction of sp³-hybridized carbons (Fsp3) is 0. The SMILES string of the molecule is O=C1/C(=C\c2ccccc2F)SC(=S)N1Nc1ccc([N+](=O)[O-])cc1. The molecule has 0 spiro atoms. The van der Waals surface area contributed by atoms with Gasteiger partial charge in [-0.05, 0) is 36.5 Å². The third-order valence-electron chi connectivity index (χ3n) is 3.30. The van der Waals surface area contributed by atoms with E-state index < -0.39 is 16.6 Å². The number of benzene rings is 2. The van der Waals surface area contributed by atoms with Gasteiger partial charge in [0.1, 0.15) is 5.82 Å². The summed E-state index contributed by atoms with van der Waals surface area (Å²) >= 11 is 6.22. The van der Waals surface area contributed by atoms with E-state index in [0.717, 1.165) is 16.8 Å². The average molecular weight is 375 g/mol. The normalized spacial score (nSPS) is 15.7. The largest absolute Gasteiger partial charge is 0.290 e. The summed E-state index contributed by atoms with van der Waals surface area (Å²) in [6, 6.07) is 11.7. The summed E-state index contributed by atoms with van der Waals surface area (Å²) < 4.78 is 14.0. The molecule has 2 aromatic carbocycles. The lowest BCUT2D eigenvalue weighted by atomic mass is 10.2. The van der Waals surface area contributed by atoms with Gasteiger partial charge in [-0.25, -0.2) is 9.40 Å². The highest BCUT2D eigenvalue weighted by atomic mass is 32.2. The zero-order chi connectivity index (χ0) is 18.0. The van der Waals surface area contributed by atoms with Gasteiger partial charge in [-0.3, -0.25) is 20.3 Å². The Labute approximate surface area is 151 Å². The molecule has 1 heterocycles. The van der Waals surface area contributed by atoms with Gasteiger partial charge in [-0.1, -0.05) is 30.0 Å². The van der Waals surface area contributed by atoms with Crippen LogP contribution in [0.15, 0.2) is 53.4 Å². The second kappa shape index (κ2) is 6.99. The molecule has 1 N–H and O–H groups in total. The van der Waals surface area contributed by atoms with E-state index in [9.17, 15) is 19.3 Å². The van der Waals surface area contributed by atoms with E-state index >= 15 is 0 Å². The van der Waals surface area contributed by atoms with E-state index in [-0.39, 0.29) is 14.9 Å². The van der Waals surface area contributed by atoms with Gasteiger partial charge in [0.05, 0.1) is 15.5 Å². The molecular formula is C16H10FN3O3S2. The number of thioether (sulfide) groups is 1. The number of nitrogens with one attached hydrogen (secondary N) is 1. The summed E-state index contributed by atoms with van der Waals surface area (Å²) in [5.74, 6) is -0.854. The number of hydrogen-bond donors (Lipinski definition) is 1. The van der Waals surface area contributed by atoms with Gasteiger partial charge in [-0.2, -0.15) is 0 Å². The Morgan fingerprint density at radius 2 is 1.88 bits per heavy atom. The van der Waals surface area contributed by atoms with Crippen molar-refractivity contribution in [1.82, 2.24) is 5.01 Å². The number of hydrazine groups is 1. The maximum Gasteiger partial charge on any atom is 0.285 e.